The molecule has 2 rings (SSSR count). The first kappa shape index (κ1) is 21.4. The molecule has 1 saturated heterocycles. The van der Waals surface area contributed by atoms with Gasteiger partial charge >= 0.3 is 0 Å². The molecule has 0 N–H and O–H groups in total. The molecule has 0 aromatic carbocycles. The highest BCUT2D eigenvalue weighted by atomic mass is 16.6. The predicted octanol–water partition coefficient (Wildman–Crippen LogP) is 4.86. The summed E-state index contributed by atoms with van der Waals surface area (Å²) in [5, 5.41) is 4.51. The molecule has 0 radical (unpaired) electrons. The van der Waals surface area contributed by atoms with E-state index in [0.717, 1.165) is 26.0 Å². The van der Waals surface area contributed by atoms with Crippen LogP contribution in [0.15, 0.2) is 16.8 Å². The van der Waals surface area contributed by atoms with Crippen LogP contribution in [0.1, 0.15) is 77.6 Å². The number of hydrogen-bond donors (Lipinski definition) is 0. The second kappa shape index (κ2) is 13.3. The Morgan fingerprint density at radius 1 is 0.962 bits per heavy atom. The molecule has 0 aromatic rings. The maximum atomic E-state index is 5.69. The van der Waals surface area contributed by atoms with Crippen LogP contribution in [0.5, 0.6) is 0 Å². The molecule has 0 aromatic heterocycles. The predicted molar refractivity (Wildman–Crippen MR) is 112 cm³/mol. The summed E-state index contributed by atoms with van der Waals surface area (Å²) in [6.45, 7) is 8.93. The van der Waals surface area contributed by atoms with E-state index in [1.807, 2.05) is 0 Å². The Morgan fingerprint density at radius 3 is 2.54 bits per heavy atom. The quantitative estimate of drug-likeness (QED) is 0.388. The van der Waals surface area contributed by atoms with Crippen molar-refractivity contribution in [1.82, 2.24) is 9.80 Å². The molecule has 0 atom stereocenters. The second-order valence-corrected chi connectivity index (χ2v) is 8.01. The van der Waals surface area contributed by atoms with Crippen molar-refractivity contribution in [3.8, 4) is 0 Å². The molecular weight excluding hydrogens is 322 g/mol. The van der Waals surface area contributed by atoms with E-state index in [1.165, 1.54) is 95.3 Å². The number of hydrogen-bond acceptors (Lipinski definition) is 4. The number of rotatable bonds is 11. The maximum Gasteiger partial charge on any atom is 0.118 e. The molecule has 4 heteroatoms. The van der Waals surface area contributed by atoms with E-state index in [1.54, 1.807) is 0 Å². The Kier molecular flexibility index (Phi) is 11.0. The van der Waals surface area contributed by atoms with Crippen LogP contribution >= 0.6 is 0 Å². The van der Waals surface area contributed by atoms with E-state index in [4.69, 9.17) is 4.84 Å². The van der Waals surface area contributed by atoms with Gasteiger partial charge in [-0.1, -0.05) is 43.8 Å². The maximum absolute atomic E-state index is 5.69. The summed E-state index contributed by atoms with van der Waals surface area (Å²) in [4.78, 5) is 10.6. The third-order valence-electron chi connectivity index (χ3n) is 5.66. The third-order valence-corrected chi connectivity index (χ3v) is 5.66. The van der Waals surface area contributed by atoms with Crippen LogP contribution in [-0.2, 0) is 4.84 Å². The van der Waals surface area contributed by atoms with Gasteiger partial charge in [-0.05, 0) is 57.6 Å². The lowest BCUT2D eigenvalue weighted by Gasteiger charge is -2.32. The zero-order valence-electron chi connectivity index (χ0n) is 17.3. The van der Waals surface area contributed by atoms with Gasteiger partial charge in [-0.3, -0.25) is 0 Å². The van der Waals surface area contributed by atoms with Crippen LogP contribution in [0.4, 0.5) is 0 Å². The van der Waals surface area contributed by atoms with Gasteiger partial charge in [0.15, 0.2) is 0 Å². The van der Waals surface area contributed by atoms with E-state index < -0.39 is 0 Å². The number of piperazine rings is 1. The molecular formula is C22H41N3O. The van der Waals surface area contributed by atoms with Crippen LogP contribution in [0, 0.1) is 0 Å². The zero-order chi connectivity index (χ0) is 18.5. The highest BCUT2D eigenvalue weighted by molar-refractivity contribution is 6.00. The van der Waals surface area contributed by atoms with Crippen molar-refractivity contribution in [2.45, 2.75) is 77.6 Å². The van der Waals surface area contributed by atoms with Crippen molar-refractivity contribution in [3.63, 3.8) is 0 Å². The average Bonchev–Trinajstić information content (AvgIpc) is 2.67. The van der Waals surface area contributed by atoms with E-state index in [-0.39, 0.29) is 0 Å². The normalized spacial score (nSPS) is 23.0. The summed E-state index contributed by atoms with van der Waals surface area (Å²) >= 11 is 0. The number of oxime groups is 1. The van der Waals surface area contributed by atoms with Gasteiger partial charge in [0.1, 0.15) is 6.61 Å². The van der Waals surface area contributed by atoms with Gasteiger partial charge in [-0.15, -0.1) is 0 Å². The Bertz CT molecular complexity index is 425. The monoisotopic (exact) mass is 363 g/mol. The smallest absolute Gasteiger partial charge is 0.118 e. The molecule has 1 aliphatic heterocycles. The molecule has 1 heterocycles. The molecule has 26 heavy (non-hydrogen) atoms. The summed E-state index contributed by atoms with van der Waals surface area (Å²) in [5.74, 6) is 0. The fourth-order valence-electron chi connectivity index (χ4n) is 3.81. The summed E-state index contributed by atoms with van der Waals surface area (Å²) in [5.41, 5.74) is 2.69. The van der Waals surface area contributed by atoms with Crippen molar-refractivity contribution >= 4 is 5.71 Å². The van der Waals surface area contributed by atoms with Crippen LogP contribution < -0.4 is 0 Å². The van der Waals surface area contributed by atoms with E-state index in [0.29, 0.717) is 0 Å². The minimum absolute atomic E-state index is 0.750. The first-order valence-electron chi connectivity index (χ1n) is 11.1. The van der Waals surface area contributed by atoms with E-state index in [9.17, 15) is 0 Å². The number of allylic oxidation sites excluding steroid dienone is 2. The van der Waals surface area contributed by atoms with Crippen molar-refractivity contribution in [2.75, 3.05) is 46.4 Å². The van der Waals surface area contributed by atoms with Crippen LogP contribution in [0.3, 0.4) is 0 Å². The summed E-state index contributed by atoms with van der Waals surface area (Å²) in [6.07, 6.45) is 16.4. The van der Waals surface area contributed by atoms with E-state index in [2.05, 4.69) is 35.0 Å². The lowest BCUT2D eigenvalue weighted by Crippen LogP contribution is -2.44. The lowest BCUT2D eigenvalue weighted by molar-refractivity contribution is 0.110. The number of unbranched alkanes of at least 4 members (excludes halogenated alkanes) is 5. The van der Waals surface area contributed by atoms with Crippen molar-refractivity contribution in [1.29, 1.82) is 0 Å². The molecule has 0 amide bonds. The fourth-order valence-corrected chi connectivity index (χ4v) is 3.81. The summed E-state index contributed by atoms with van der Waals surface area (Å²) < 4.78 is 0. The summed E-state index contributed by atoms with van der Waals surface area (Å²) in [7, 11) is 2.21. The molecule has 0 unspecified atom stereocenters. The second-order valence-electron chi connectivity index (χ2n) is 8.01. The largest absolute Gasteiger partial charge is 0.396 e. The van der Waals surface area contributed by atoms with Crippen molar-refractivity contribution in [3.05, 3.63) is 11.6 Å². The molecule has 0 spiro atoms. The molecule has 2 fully saturated rings. The van der Waals surface area contributed by atoms with Crippen molar-refractivity contribution in [2.24, 2.45) is 5.16 Å². The number of nitrogens with zero attached hydrogens (tertiary/aromatic N) is 3. The Hall–Kier alpha value is -0.870. The van der Waals surface area contributed by atoms with Gasteiger partial charge < -0.3 is 14.6 Å². The average molecular weight is 364 g/mol. The zero-order valence-corrected chi connectivity index (χ0v) is 17.3. The van der Waals surface area contributed by atoms with Gasteiger partial charge in [0.25, 0.3) is 0 Å². The highest BCUT2D eigenvalue weighted by Gasteiger charge is 2.14. The minimum atomic E-state index is 0.750. The fraction of sp³-hybridized carbons (Fsp3) is 0.864. The third kappa shape index (κ3) is 8.68. The van der Waals surface area contributed by atoms with Gasteiger partial charge in [-0.2, -0.15) is 0 Å². The Balaban J connectivity index is 1.62. The van der Waals surface area contributed by atoms with Crippen molar-refractivity contribution < 1.29 is 4.84 Å². The molecule has 0 bridgehead atoms. The van der Waals surface area contributed by atoms with Gasteiger partial charge in [-0.25, -0.2) is 0 Å². The van der Waals surface area contributed by atoms with Crippen LogP contribution in [0.2, 0.25) is 0 Å². The highest BCUT2D eigenvalue weighted by Crippen LogP contribution is 2.22. The van der Waals surface area contributed by atoms with Gasteiger partial charge in [0.05, 0.1) is 5.71 Å². The first-order chi connectivity index (χ1) is 12.8. The first-order valence-corrected chi connectivity index (χ1v) is 11.1. The SMILES string of the molecule is CCCCCCC/C=C1/CCCC/C1=N\OCCCN1CCN(C)CC1. The topological polar surface area (TPSA) is 28.1 Å². The van der Waals surface area contributed by atoms with Crippen LogP contribution in [0.25, 0.3) is 0 Å². The standard InChI is InChI=1S/C22H41N3O/c1-3-4-5-6-7-8-12-21-13-9-10-14-22(21)23-26-20-11-15-25-18-16-24(2)17-19-25/h12H,3-11,13-20H2,1-2H3/b21-12-,23-22+. The Morgan fingerprint density at radius 2 is 1.73 bits per heavy atom. The molecule has 1 saturated carbocycles. The molecule has 150 valence electrons. The molecule has 1 aliphatic carbocycles. The molecule has 2 aliphatic rings. The lowest BCUT2D eigenvalue weighted by atomic mass is 9.92. The van der Waals surface area contributed by atoms with Gasteiger partial charge in [0.2, 0.25) is 0 Å². The summed E-state index contributed by atoms with van der Waals surface area (Å²) in [6, 6.07) is 0. The van der Waals surface area contributed by atoms with Gasteiger partial charge in [0, 0.05) is 32.7 Å². The number of likely N-dealkylation sites (N-methyl/N-ethyl adjacent to an activating group) is 1. The van der Waals surface area contributed by atoms with E-state index >= 15 is 0 Å². The minimum Gasteiger partial charge on any atom is -0.396 e. The van der Waals surface area contributed by atoms with Crippen LogP contribution in [-0.4, -0.2) is 61.9 Å². The Labute approximate surface area is 161 Å². The molecule has 4 nitrogen and oxygen atoms in total.